The van der Waals surface area contributed by atoms with Gasteiger partial charge in [0.2, 0.25) is 5.88 Å². The summed E-state index contributed by atoms with van der Waals surface area (Å²) in [6.07, 6.45) is 7.05. The van der Waals surface area contributed by atoms with Crippen molar-refractivity contribution in [2.45, 2.75) is 25.5 Å². The molecular formula is C21H23F2N5O3S2. The first-order valence-electron chi connectivity index (χ1n) is 10.2. The molecular weight excluding hydrogens is 472 g/mol. The van der Waals surface area contributed by atoms with Gasteiger partial charge in [-0.1, -0.05) is 18.2 Å². The number of halogens is 2. The maximum atomic E-state index is 12.3. The molecule has 1 aliphatic heterocycles. The molecule has 1 amide bonds. The smallest absolute Gasteiger partial charge is 0.330 e. The van der Waals surface area contributed by atoms with Crippen LogP contribution < -0.4 is 9.46 Å². The number of carbonyl (C=O) groups is 1. The molecule has 3 aromatic rings. The number of aromatic nitrogens is 3. The summed E-state index contributed by atoms with van der Waals surface area (Å²) in [5.41, 5.74) is 1.11. The zero-order valence-corrected chi connectivity index (χ0v) is 19.5. The number of carbonyl (C=O) groups excluding carboxylic acids is 1. The van der Waals surface area contributed by atoms with Crippen LogP contribution in [0, 0.1) is 0 Å². The quantitative estimate of drug-likeness (QED) is 0.527. The average molecular weight is 496 g/mol. The maximum Gasteiger partial charge on any atom is 0.330 e. The van der Waals surface area contributed by atoms with E-state index in [0.717, 1.165) is 30.8 Å². The van der Waals surface area contributed by atoms with Gasteiger partial charge in [-0.3, -0.25) is 9.78 Å². The highest BCUT2D eigenvalue weighted by Gasteiger charge is 2.22. The van der Waals surface area contributed by atoms with E-state index in [2.05, 4.69) is 19.7 Å². The highest BCUT2D eigenvalue weighted by Crippen LogP contribution is 2.26. The summed E-state index contributed by atoms with van der Waals surface area (Å²) >= 11 is 1.35. The number of hydrogen-bond donors (Lipinski definition) is 1. The van der Waals surface area contributed by atoms with E-state index in [4.69, 9.17) is 4.74 Å². The van der Waals surface area contributed by atoms with Gasteiger partial charge in [-0.25, -0.2) is 14.2 Å². The molecule has 33 heavy (non-hydrogen) atoms. The fourth-order valence-corrected chi connectivity index (χ4v) is 4.19. The summed E-state index contributed by atoms with van der Waals surface area (Å²) in [7, 11) is -2.31. The van der Waals surface area contributed by atoms with Gasteiger partial charge in [-0.05, 0) is 31.9 Å². The van der Waals surface area contributed by atoms with Gasteiger partial charge in [0.25, 0.3) is 5.91 Å². The van der Waals surface area contributed by atoms with Gasteiger partial charge in [0.05, 0.1) is 23.9 Å². The molecule has 1 N–H and O–H groups in total. The number of anilines is 1. The van der Waals surface area contributed by atoms with E-state index in [9.17, 15) is 17.8 Å². The van der Waals surface area contributed by atoms with Crippen molar-refractivity contribution < 1.29 is 22.5 Å². The van der Waals surface area contributed by atoms with Gasteiger partial charge >= 0.3 is 5.76 Å². The third-order valence-corrected chi connectivity index (χ3v) is 6.16. The molecule has 1 aromatic carbocycles. The Balaban J connectivity index is 0.000000218. The van der Waals surface area contributed by atoms with Crippen molar-refractivity contribution >= 4 is 33.9 Å². The standard InChI is InChI=1S/C14H16N4O2S.C7H7F2NOS/c1-2-20-12-9-15-7-10(17-12)11-8-16-13(21-11)14(19)18-5-3-4-6-18;8-7(9)12(11)10-6-4-2-1-3-5-6/h7-9H,2-6H2,1H3;1-5,7,10H. The second-order valence-electron chi connectivity index (χ2n) is 6.73. The van der Waals surface area contributed by atoms with Gasteiger partial charge in [0.1, 0.15) is 5.69 Å². The minimum atomic E-state index is -2.86. The monoisotopic (exact) mass is 495 g/mol. The lowest BCUT2D eigenvalue weighted by Gasteiger charge is -2.12. The normalized spacial score (nSPS) is 13.9. The predicted octanol–water partition coefficient (Wildman–Crippen LogP) is 4.22. The Hall–Kier alpha value is -2.99. The van der Waals surface area contributed by atoms with Crippen LogP contribution in [0.1, 0.15) is 29.6 Å². The van der Waals surface area contributed by atoms with Crippen LogP contribution in [0.15, 0.2) is 48.9 Å². The van der Waals surface area contributed by atoms with Crippen molar-refractivity contribution in [3.05, 3.63) is 53.9 Å². The van der Waals surface area contributed by atoms with Crippen molar-refractivity contribution in [1.29, 1.82) is 0 Å². The van der Waals surface area contributed by atoms with Crippen molar-refractivity contribution in [2.24, 2.45) is 0 Å². The number of thiazole rings is 1. The highest BCUT2D eigenvalue weighted by molar-refractivity contribution is 7.86. The Labute approximate surface area is 196 Å². The van der Waals surface area contributed by atoms with Crippen LogP contribution in [0.25, 0.3) is 10.6 Å². The number of nitrogens with zero attached hydrogens (tertiary/aromatic N) is 4. The molecule has 2 aromatic heterocycles. The van der Waals surface area contributed by atoms with Crippen molar-refractivity contribution in [3.8, 4) is 16.5 Å². The van der Waals surface area contributed by atoms with Crippen LogP contribution in [0.5, 0.6) is 5.88 Å². The van der Waals surface area contributed by atoms with Gasteiger partial charge in [0.15, 0.2) is 16.0 Å². The van der Waals surface area contributed by atoms with E-state index in [1.807, 2.05) is 11.8 Å². The number of likely N-dealkylation sites (tertiary alicyclic amines) is 1. The third kappa shape index (κ3) is 7.26. The summed E-state index contributed by atoms with van der Waals surface area (Å²) in [6, 6.07) is 8.23. The summed E-state index contributed by atoms with van der Waals surface area (Å²) in [5.74, 6) is -2.36. The van der Waals surface area contributed by atoms with E-state index in [1.165, 1.54) is 11.3 Å². The second kappa shape index (κ2) is 12.3. The third-order valence-electron chi connectivity index (χ3n) is 4.39. The van der Waals surface area contributed by atoms with E-state index in [-0.39, 0.29) is 5.91 Å². The van der Waals surface area contributed by atoms with Gasteiger partial charge in [0, 0.05) is 25.0 Å². The molecule has 0 radical (unpaired) electrons. The minimum Gasteiger partial charge on any atom is -0.477 e. The van der Waals surface area contributed by atoms with Crippen LogP contribution in [-0.2, 0) is 11.0 Å². The molecule has 176 valence electrons. The zero-order valence-electron chi connectivity index (χ0n) is 17.8. The maximum absolute atomic E-state index is 12.3. The first kappa shape index (κ1) is 24.6. The summed E-state index contributed by atoms with van der Waals surface area (Å²) in [4.78, 5) is 27.7. The Morgan fingerprint density at radius 2 is 1.94 bits per heavy atom. The largest absolute Gasteiger partial charge is 0.477 e. The first-order chi connectivity index (χ1) is 16.0. The molecule has 0 bridgehead atoms. The zero-order chi connectivity index (χ0) is 23.6. The Morgan fingerprint density at radius 3 is 2.61 bits per heavy atom. The lowest BCUT2D eigenvalue weighted by Crippen LogP contribution is -2.27. The Bertz CT molecular complexity index is 1060. The van der Waals surface area contributed by atoms with E-state index >= 15 is 0 Å². The first-order valence-corrected chi connectivity index (χ1v) is 12.2. The molecule has 0 spiro atoms. The minimum absolute atomic E-state index is 0.0117. The highest BCUT2D eigenvalue weighted by atomic mass is 32.2. The fourth-order valence-electron chi connectivity index (χ4n) is 2.90. The van der Waals surface area contributed by atoms with Crippen LogP contribution in [-0.4, -0.2) is 55.4 Å². The summed E-state index contributed by atoms with van der Waals surface area (Å²) in [5, 5.41) is 0.510. The summed E-state index contributed by atoms with van der Waals surface area (Å²) < 4.78 is 41.6. The molecule has 3 heterocycles. The summed E-state index contributed by atoms with van der Waals surface area (Å²) in [6.45, 7) is 4.09. The molecule has 1 fully saturated rings. The number of para-hydroxylation sites is 1. The topological polar surface area (TPSA) is 97.3 Å². The second-order valence-corrected chi connectivity index (χ2v) is 8.92. The molecule has 1 aliphatic rings. The molecule has 4 rings (SSSR count). The number of ether oxygens (including phenoxy) is 1. The van der Waals surface area contributed by atoms with E-state index < -0.39 is 16.7 Å². The number of benzene rings is 1. The van der Waals surface area contributed by atoms with Crippen LogP contribution in [0.4, 0.5) is 14.5 Å². The molecule has 0 aliphatic carbocycles. The molecule has 8 nitrogen and oxygen atoms in total. The number of rotatable bonds is 7. The van der Waals surface area contributed by atoms with Crippen LogP contribution in [0.3, 0.4) is 0 Å². The van der Waals surface area contributed by atoms with E-state index in [0.29, 0.717) is 28.9 Å². The number of nitrogens with one attached hydrogen (secondary N) is 1. The lowest BCUT2D eigenvalue weighted by atomic mass is 10.3. The van der Waals surface area contributed by atoms with Gasteiger partial charge in [-0.15, -0.1) is 11.3 Å². The molecule has 0 saturated carbocycles. The number of amides is 1. The molecule has 1 saturated heterocycles. The van der Waals surface area contributed by atoms with Gasteiger partial charge < -0.3 is 14.4 Å². The van der Waals surface area contributed by atoms with Crippen molar-refractivity contribution in [3.63, 3.8) is 0 Å². The van der Waals surface area contributed by atoms with E-state index in [1.54, 1.807) is 48.9 Å². The lowest BCUT2D eigenvalue weighted by molar-refractivity contribution is 0.0792. The SMILES string of the molecule is CCOc1cncc(-c2cnc(C(=O)N3CCCC3)s2)n1.O=S(Nc1ccccc1)C(F)F. The van der Waals surface area contributed by atoms with Crippen LogP contribution >= 0.6 is 11.3 Å². The number of hydrogen-bond acceptors (Lipinski definition) is 7. The van der Waals surface area contributed by atoms with Crippen molar-refractivity contribution in [1.82, 2.24) is 19.9 Å². The Kier molecular flexibility index (Phi) is 9.19. The molecule has 1 atom stereocenters. The van der Waals surface area contributed by atoms with Crippen molar-refractivity contribution in [2.75, 3.05) is 24.4 Å². The Morgan fingerprint density at radius 1 is 1.21 bits per heavy atom. The van der Waals surface area contributed by atoms with Gasteiger partial charge in [-0.2, -0.15) is 8.78 Å². The number of alkyl halides is 2. The predicted molar refractivity (Wildman–Crippen MR) is 124 cm³/mol. The van der Waals surface area contributed by atoms with Crippen LogP contribution in [0.2, 0.25) is 0 Å². The average Bonchev–Trinajstić information content (AvgIpc) is 3.53. The molecule has 12 heteroatoms. The fraction of sp³-hybridized carbons (Fsp3) is 0.333. The molecule has 1 unspecified atom stereocenters.